The topological polar surface area (TPSA) is 13.1 Å². The lowest BCUT2D eigenvalue weighted by Crippen LogP contribution is -1.81. The fourth-order valence-corrected chi connectivity index (χ4v) is 5.08. The van der Waals surface area contributed by atoms with Crippen molar-refractivity contribution in [3.05, 3.63) is 96.1 Å². The molecule has 0 unspecified atom stereocenters. The summed E-state index contributed by atoms with van der Waals surface area (Å²) in [5.41, 5.74) is 7.37. The van der Waals surface area contributed by atoms with Crippen molar-refractivity contribution in [1.82, 2.24) is 0 Å². The van der Waals surface area contributed by atoms with Crippen LogP contribution in [0, 0.1) is 0 Å². The SMILES string of the molecule is c1ccc2c(c1)Cc1ccc3c(oc4c5ccccc5c5ccccc5c34)c1-2. The Morgan fingerprint density at radius 2 is 1.18 bits per heavy atom. The van der Waals surface area contributed by atoms with Gasteiger partial charge in [0.2, 0.25) is 0 Å². The molecule has 0 radical (unpaired) electrons. The van der Waals surface area contributed by atoms with E-state index >= 15 is 0 Å². The number of rotatable bonds is 0. The standard InChI is InChI=1S/C27H16O/c1-2-8-18-16(7-1)15-17-13-14-23-25-21-11-5-3-9-19(21)20-10-4-6-12-22(20)26(25)28-27(23)24(17)18/h1-14H,15H2. The van der Waals surface area contributed by atoms with Gasteiger partial charge in [0.25, 0.3) is 0 Å². The van der Waals surface area contributed by atoms with Gasteiger partial charge in [0.05, 0.1) is 0 Å². The molecule has 1 heteroatoms. The van der Waals surface area contributed by atoms with Crippen LogP contribution in [0.2, 0.25) is 0 Å². The van der Waals surface area contributed by atoms with Crippen LogP contribution in [0.15, 0.2) is 89.3 Å². The Labute approximate surface area is 161 Å². The van der Waals surface area contributed by atoms with E-state index in [1.165, 1.54) is 54.6 Å². The van der Waals surface area contributed by atoms with Crippen LogP contribution in [-0.4, -0.2) is 0 Å². The minimum atomic E-state index is 0.986. The van der Waals surface area contributed by atoms with Crippen LogP contribution in [0.4, 0.5) is 0 Å². The molecular formula is C27H16O. The molecule has 0 bridgehead atoms. The summed E-state index contributed by atoms with van der Waals surface area (Å²) in [4.78, 5) is 0. The van der Waals surface area contributed by atoms with E-state index in [1.807, 2.05) is 0 Å². The highest BCUT2D eigenvalue weighted by Gasteiger charge is 2.24. The summed E-state index contributed by atoms with van der Waals surface area (Å²) in [5.74, 6) is 0. The summed E-state index contributed by atoms with van der Waals surface area (Å²) < 4.78 is 6.67. The molecule has 0 aliphatic heterocycles. The van der Waals surface area contributed by atoms with Crippen LogP contribution in [0.25, 0.3) is 54.6 Å². The second-order valence-electron chi connectivity index (χ2n) is 7.71. The maximum atomic E-state index is 6.67. The highest BCUT2D eigenvalue weighted by molar-refractivity contribution is 6.31. The number of benzene rings is 5. The molecule has 5 aromatic carbocycles. The predicted octanol–water partition coefficient (Wildman–Crippen LogP) is 7.46. The normalized spacial score (nSPS) is 12.9. The summed E-state index contributed by atoms with van der Waals surface area (Å²) in [6.45, 7) is 0. The van der Waals surface area contributed by atoms with Crippen LogP contribution in [0.5, 0.6) is 0 Å². The van der Waals surface area contributed by atoms with Crippen molar-refractivity contribution in [3.63, 3.8) is 0 Å². The fourth-order valence-electron chi connectivity index (χ4n) is 5.08. The van der Waals surface area contributed by atoms with E-state index in [-0.39, 0.29) is 0 Å². The van der Waals surface area contributed by atoms with Gasteiger partial charge in [-0.25, -0.2) is 0 Å². The van der Waals surface area contributed by atoms with Gasteiger partial charge in [-0.3, -0.25) is 0 Å². The number of hydrogen-bond acceptors (Lipinski definition) is 1. The fraction of sp³-hybridized carbons (Fsp3) is 0.0370. The summed E-state index contributed by atoms with van der Waals surface area (Å²) >= 11 is 0. The Bertz CT molecular complexity index is 1580. The zero-order valence-electron chi connectivity index (χ0n) is 15.2. The molecule has 0 saturated carbocycles. The van der Waals surface area contributed by atoms with Crippen LogP contribution in [0.3, 0.4) is 0 Å². The molecule has 1 aliphatic carbocycles. The Morgan fingerprint density at radius 1 is 0.500 bits per heavy atom. The largest absolute Gasteiger partial charge is 0.455 e. The first kappa shape index (κ1) is 14.5. The maximum absolute atomic E-state index is 6.67. The van der Waals surface area contributed by atoms with Gasteiger partial charge in [-0.05, 0) is 39.3 Å². The van der Waals surface area contributed by atoms with Gasteiger partial charge in [0.15, 0.2) is 0 Å². The lowest BCUT2D eigenvalue weighted by molar-refractivity contribution is 0.674. The van der Waals surface area contributed by atoms with E-state index in [4.69, 9.17) is 4.42 Å². The average Bonchev–Trinajstić information content (AvgIpc) is 3.32. The number of fused-ring (bicyclic) bond motifs is 12. The average molecular weight is 356 g/mol. The molecule has 1 nitrogen and oxygen atoms in total. The first-order valence-electron chi connectivity index (χ1n) is 9.76. The van der Waals surface area contributed by atoms with E-state index in [1.54, 1.807) is 0 Å². The highest BCUT2D eigenvalue weighted by atomic mass is 16.3. The second kappa shape index (κ2) is 5.02. The molecule has 6 aromatic rings. The van der Waals surface area contributed by atoms with Crippen molar-refractivity contribution in [2.75, 3.05) is 0 Å². The van der Waals surface area contributed by atoms with Crippen molar-refractivity contribution in [3.8, 4) is 11.1 Å². The molecule has 0 saturated heterocycles. The third-order valence-corrected chi connectivity index (χ3v) is 6.27. The van der Waals surface area contributed by atoms with Gasteiger partial charge >= 0.3 is 0 Å². The van der Waals surface area contributed by atoms with Crippen molar-refractivity contribution < 1.29 is 4.42 Å². The molecule has 7 rings (SSSR count). The van der Waals surface area contributed by atoms with Crippen molar-refractivity contribution in [2.24, 2.45) is 0 Å². The number of furan rings is 1. The van der Waals surface area contributed by atoms with Gasteiger partial charge in [0.1, 0.15) is 11.2 Å². The van der Waals surface area contributed by atoms with Crippen LogP contribution in [0.1, 0.15) is 11.1 Å². The molecule has 28 heavy (non-hydrogen) atoms. The third-order valence-electron chi connectivity index (χ3n) is 6.27. The molecule has 1 aliphatic rings. The van der Waals surface area contributed by atoms with Gasteiger partial charge in [0, 0.05) is 21.7 Å². The van der Waals surface area contributed by atoms with E-state index in [2.05, 4.69) is 84.9 Å². The van der Waals surface area contributed by atoms with Crippen LogP contribution < -0.4 is 0 Å². The Kier molecular flexibility index (Phi) is 2.60. The lowest BCUT2D eigenvalue weighted by atomic mass is 9.96. The molecular weight excluding hydrogens is 340 g/mol. The first-order chi connectivity index (χ1) is 13.9. The third kappa shape index (κ3) is 1.67. The van der Waals surface area contributed by atoms with E-state index in [0.29, 0.717) is 0 Å². The zero-order valence-corrected chi connectivity index (χ0v) is 15.2. The summed E-state index contributed by atoms with van der Waals surface area (Å²) in [7, 11) is 0. The molecule has 0 spiro atoms. The highest BCUT2D eigenvalue weighted by Crippen LogP contribution is 2.47. The smallest absolute Gasteiger partial charge is 0.143 e. The molecule has 0 fully saturated rings. The Morgan fingerprint density at radius 3 is 2.04 bits per heavy atom. The molecule has 0 amide bonds. The Balaban J connectivity index is 1.77. The van der Waals surface area contributed by atoms with Crippen LogP contribution >= 0.6 is 0 Å². The maximum Gasteiger partial charge on any atom is 0.143 e. The minimum Gasteiger partial charge on any atom is -0.455 e. The molecule has 130 valence electrons. The molecule has 0 N–H and O–H groups in total. The lowest BCUT2D eigenvalue weighted by Gasteiger charge is -2.05. The van der Waals surface area contributed by atoms with Gasteiger partial charge in [-0.1, -0.05) is 84.9 Å². The van der Waals surface area contributed by atoms with Crippen molar-refractivity contribution in [2.45, 2.75) is 6.42 Å². The molecule has 1 heterocycles. The molecule has 1 aromatic heterocycles. The summed E-state index contributed by atoms with van der Waals surface area (Å²) in [5, 5.41) is 7.44. The minimum absolute atomic E-state index is 0.986. The van der Waals surface area contributed by atoms with E-state index in [0.717, 1.165) is 17.6 Å². The van der Waals surface area contributed by atoms with E-state index in [9.17, 15) is 0 Å². The quantitative estimate of drug-likeness (QED) is 0.257. The van der Waals surface area contributed by atoms with Gasteiger partial charge in [-0.15, -0.1) is 0 Å². The van der Waals surface area contributed by atoms with Gasteiger partial charge in [-0.2, -0.15) is 0 Å². The molecule has 0 atom stereocenters. The second-order valence-corrected chi connectivity index (χ2v) is 7.71. The first-order valence-corrected chi connectivity index (χ1v) is 9.76. The zero-order chi connectivity index (χ0) is 18.2. The van der Waals surface area contributed by atoms with Crippen LogP contribution in [-0.2, 0) is 6.42 Å². The van der Waals surface area contributed by atoms with Gasteiger partial charge < -0.3 is 4.42 Å². The van der Waals surface area contributed by atoms with E-state index < -0.39 is 0 Å². The Hall–Kier alpha value is -3.58. The van der Waals surface area contributed by atoms with Crippen molar-refractivity contribution in [1.29, 1.82) is 0 Å². The predicted molar refractivity (Wildman–Crippen MR) is 117 cm³/mol. The summed E-state index contributed by atoms with van der Waals surface area (Å²) in [6, 6.07) is 30.5. The number of hydrogen-bond donors (Lipinski definition) is 0. The monoisotopic (exact) mass is 356 g/mol. The summed E-state index contributed by atoms with van der Waals surface area (Å²) in [6.07, 6.45) is 0.986. The van der Waals surface area contributed by atoms with Crippen molar-refractivity contribution >= 4 is 43.5 Å².